The van der Waals surface area contributed by atoms with Crippen molar-refractivity contribution in [2.75, 3.05) is 11.9 Å². The summed E-state index contributed by atoms with van der Waals surface area (Å²) in [6, 6.07) is 21.1. The molecule has 3 aromatic rings. The summed E-state index contributed by atoms with van der Waals surface area (Å²) in [6.45, 7) is 2.73. The van der Waals surface area contributed by atoms with Crippen molar-refractivity contribution < 1.29 is 4.79 Å². The zero-order valence-electron chi connectivity index (χ0n) is 14.8. The SMILES string of the molecule is CCCCNC(=O)c1cc(Nc2ccccc2)nc(-c2ccccc2)n1. The minimum Gasteiger partial charge on any atom is -0.351 e. The van der Waals surface area contributed by atoms with Crippen molar-refractivity contribution >= 4 is 17.4 Å². The fraction of sp³-hybridized carbons (Fsp3) is 0.190. The number of carbonyl (C=O) groups is 1. The Bertz CT molecular complexity index is 850. The molecule has 2 aromatic carbocycles. The summed E-state index contributed by atoms with van der Waals surface area (Å²) in [6.07, 6.45) is 1.97. The second kappa shape index (κ2) is 8.76. The van der Waals surface area contributed by atoms with Crippen molar-refractivity contribution in [3.05, 3.63) is 72.4 Å². The Morgan fingerprint density at radius 2 is 1.65 bits per heavy atom. The Morgan fingerprint density at radius 1 is 0.962 bits per heavy atom. The lowest BCUT2D eigenvalue weighted by Crippen LogP contribution is -2.25. The van der Waals surface area contributed by atoms with Crippen LogP contribution >= 0.6 is 0 Å². The number of carbonyl (C=O) groups excluding carboxylic acids is 1. The van der Waals surface area contributed by atoms with E-state index in [0.29, 0.717) is 23.9 Å². The molecule has 1 heterocycles. The van der Waals surface area contributed by atoms with Gasteiger partial charge in [-0.3, -0.25) is 4.79 Å². The molecule has 0 saturated carbocycles. The lowest BCUT2D eigenvalue weighted by molar-refractivity contribution is 0.0948. The van der Waals surface area contributed by atoms with Gasteiger partial charge in [-0.25, -0.2) is 9.97 Å². The van der Waals surface area contributed by atoms with Gasteiger partial charge in [-0.1, -0.05) is 61.9 Å². The van der Waals surface area contributed by atoms with Crippen LogP contribution in [0.5, 0.6) is 0 Å². The van der Waals surface area contributed by atoms with Gasteiger partial charge in [-0.05, 0) is 18.6 Å². The van der Waals surface area contributed by atoms with E-state index in [2.05, 4.69) is 27.5 Å². The van der Waals surface area contributed by atoms with E-state index in [0.717, 1.165) is 24.1 Å². The zero-order chi connectivity index (χ0) is 18.2. The third-order valence-corrected chi connectivity index (χ3v) is 3.85. The molecule has 1 amide bonds. The van der Waals surface area contributed by atoms with Gasteiger partial charge in [0.05, 0.1) is 0 Å². The van der Waals surface area contributed by atoms with Gasteiger partial charge in [-0.15, -0.1) is 0 Å². The lowest BCUT2D eigenvalue weighted by atomic mass is 10.2. The van der Waals surface area contributed by atoms with E-state index in [9.17, 15) is 4.79 Å². The van der Waals surface area contributed by atoms with E-state index in [1.807, 2.05) is 60.7 Å². The van der Waals surface area contributed by atoms with Gasteiger partial charge in [-0.2, -0.15) is 0 Å². The quantitative estimate of drug-likeness (QED) is 0.622. The molecule has 0 aliphatic heterocycles. The van der Waals surface area contributed by atoms with E-state index in [1.54, 1.807) is 6.07 Å². The van der Waals surface area contributed by atoms with Crippen molar-refractivity contribution in [1.29, 1.82) is 0 Å². The number of aromatic nitrogens is 2. The molecule has 0 fully saturated rings. The summed E-state index contributed by atoms with van der Waals surface area (Å²) in [5.74, 6) is 0.923. The Morgan fingerprint density at radius 3 is 2.35 bits per heavy atom. The number of nitrogens with one attached hydrogen (secondary N) is 2. The van der Waals surface area contributed by atoms with E-state index >= 15 is 0 Å². The first-order valence-electron chi connectivity index (χ1n) is 8.81. The van der Waals surface area contributed by atoms with Crippen LogP contribution in [0.2, 0.25) is 0 Å². The predicted octanol–water partition coefficient (Wildman–Crippen LogP) is 4.42. The van der Waals surface area contributed by atoms with Crippen molar-refractivity contribution in [3.8, 4) is 11.4 Å². The highest BCUT2D eigenvalue weighted by Gasteiger charge is 2.13. The highest BCUT2D eigenvalue weighted by molar-refractivity contribution is 5.93. The minimum absolute atomic E-state index is 0.186. The molecule has 1 aromatic heterocycles. The standard InChI is InChI=1S/C21H22N4O/c1-2-3-14-22-21(26)18-15-19(23-17-12-8-5-9-13-17)25-20(24-18)16-10-6-4-7-11-16/h4-13,15H,2-3,14H2,1H3,(H,22,26)(H,23,24,25). The van der Waals surface area contributed by atoms with E-state index < -0.39 is 0 Å². The molecule has 0 spiro atoms. The molecule has 5 heteroatoms. The molecule has 0 atom stereocenters. The molecule has 5 nitrogen and oxygen atoms in total. The lowest BCUT2D eigenvalue weighted by Gasteiger charge is -2.10. The van der Waals surface area contributed by atoms with Crippen LogP contribution in [0, 0.1) is 0 Å². The van der Waals surface area contributed by atoms with Gasteiger partial charge in [0.15, 0.2) is 5.82 Å². The minimum atomic E-state index is -0.186. The summed E-state index contributed by atoms with van der Waals surface area (Å²) in [4.78, 5) is 21.5. The van der Waals surface area contributed by atoms with Gasteiger partial charge in [0.2, 0.25) is 0 Å². The van der Waals surface area contributed by atoms with Crippen LogP contribution in [0.1, 0.15) is 30.3 Å². The van der Waals surface area contributed by atoms with Gasteiger partial charge in [0, 0.05) is 23.9 Å². The maximum Gasteiger partial charge on any atom is 0.270 e. The first kappa shape index (κ1) is 17.6. The molecular weight excluding hydrogens is 324 g/mol. The number of unbranched alkanes of at least 4 members (excludes halogenated alkanes) is 1. The monoisotopic (exact) mass is 346 g/mol. The average molecular weight is 346 g/mol. The Labute approximate surface area is 153 Å². The molecule has 3 rings (SSSR count). The zero-order valence-corrected chi connectivity index (χ0v) is 14.8. The molecule has 0 aliphatic rings. The molecule has 132 valence electrons. The largest absolute Gasteiger partial charge is 0.351 e. The number of hydrogen-bond acceptors (Lipinski definition) is 4. The van der Waals surface area contributed by atoms with Gasteiger partial charge in [0.1, 0.15) is 11.5 Å². The summed E-state index contributed by atoms with van der Waals surface area (Å²) in [5, 5.41) is 6.16. The first-order valence-corrected chi connectivity index (χ1v) is 8.81. The van der Waals surface area contributed by atoms with Crippen LogP contribution in [-0.2, 0) is 0 Å². The summed E-state index contributed by atoms with van der Waals surface area (Å²) < 4.78 is 0. The third-order valence-electron chi connectivity index (χ3n) is 3.85. The van der Waals surface area contributed by atoms with Crippen molar-refractivity contribution in [2.45, 2.75) is 19.8 Å². The van der Waals surface area contributed by atoms with Gasteiger partial charge < -0.3 is 10.6 Å². The summed E-state index contributed by atoms with van der Waals surface area (Å²) >= 11 is 0. The normalized spacial score (nSPS) is 10.3. The number of benzene rings is 2. The third kappa shape index (κ3) is 4.66. The Kier molecular flexibility index (Phi) is 5.93. The summed E-state index contributed by atoms with van der Waals surface area (Å²) in [7, 11) is 0. The van der Waals surface area contributed by atoms with Gasteiger partial charge >= 0.3 is 0 Å². The van der Waals surface area contributed by atoms with E-state index in [-0.39, 0.29) is 5.91 Å². The molecule has 0 aliphatic carbocycles. The number of anilines is 2. The first-order chi connectivity index (χ1) is 12.8. The number of amides is 1. The number of hydrogen-bond donors (Lipinski definition) is 2. The topological polar surface area (TPSA) is 66.9 Å². The van der Waals surface area contributed by atoms with E-state index in [1.165, 1.54) is 0 Å². The van der Waals surface area contributed by atoms with Crippen LogP contribution in [0.15, 0.2) is 66.7 Å². The molecule has 0 radical (unpaired) electrons. The van der Waals surface area contributed by atoms with Crippen LogP contribution in [0.3, 0.4) is 0 Å². The van der Waals surface area contributed by atoms with Crippen LogP contribution in [0.25, 0.3) is 11.4 Å². The van der Waals surface area contributed by atoms with Crippen molar-refractivity contribution in [1.82, 2.24) is 15.3 Å². The fourth-order valence-corrected chi connectivity index (χ4v) is 2.48. The fourth-order valence-electron chi connectivity index (χ4n) is 2.48. The maximum atomic E-state index is 12.5. The highest BCUT2D eigenvalue weighted by atomic mass is 16.1. The smallest absolute Gasteiger partial charge is 0.270 e. The van der Waals surface area contributed by atoms with Crippen molar-refractivity contribution in [2.24, 2.45) is 0 Å². The van der Waals surface area contributed by atoms with Crippen LogP contribution < -0.4 is 10.6 Å². The second-order valence-electron chi connectivity index (χ2n) is 5.93. The van der Waals surface area contributed by atoms with Crippen molar-refractivity contribution in [3.63, 3.8) is 0 Å². The molecule has 0 bridgehead atoms. The number of nitrogens with zero attached hydrogens (tertiary/aromatic N) is 2. The highest BCUT2D eigenvalue weighted by Crippen LogP contribution is 2.20. The Hall–Kier alpha value is -3.21. The number of para-hydroxylation sites is 1. The van der Waals surface area contributed by atoms with Crippen LogP contribution in [-0.4, -0.2) is 22.4 Å². The predicted molar refractivity (Wildman–Crippen MR) is 104 cm³/mol. The molecule has 0 unspecified atom stereocenters. The molecular formula is C21H22N4O. The molecule has 26 heavy (non-hydrogen) atoms. The van der Waals surface area contributed by atoms with Gasteiger partial charge in [0.25, 0.3) is 5.91 Å². The molecule has 2 N–H and O–H groups in total. The Balaban J connectivity index is 1.92. The maximum absolute atomic E-state index is 12.5. The van der Waals surface area contributed by atoms with E-state index in [4.69, 9.17) is 0 Å². The summed E-state index contributed by atoms with van der Waals surface area (Å²) in [5.41, 5.74) is 2.13. The number of rotatable bonds is 7. The molecule has 0 saturated heterocycles. The van der Waals surface area contributed by atoms with Crippen LogP contribution in [0.4, 0.5) is 11.5 Å². The average Bonchev–Trinajstić information content (AvgIpc) is 2.69. The second-order valence-corrected chi connectivity index (χ2v) is 5.93.